The summed E-state index contributed by atoms with van der Waals surface area (Å²) in [6.07, 6.45) is 5.94. The summed E-state index contributed by atoms with van der Waals surface area (Å²) in [5.41, 5.74) is 3.04. The molecule has 2 aromatic heterocycles. The molecule has 120 valence electrons. The van der Waals surface area contributed by atoms with Crippen molar-refractivity contribution in [1.82, 2.24) is 9.97 Å². The third-order valence-electron chi connectivity index (χ3n) is 4.08. The molecule has 1 N–H and O–H groups in total. The Morgan fingerprint density at radius 2 is 2.04 bits per heavy atom. The highest BCUT2D eigenvalue weighted by molar-refractivity contribution is 6.07. The number of H-pyrrole nitrogens is 1. The van der Waals surface area contributed by atoms with E-state index in [0.29, 0.717) is 19.4 Å². The van der Waals surface area contributed by atoms with Crippen LogP contribution in [0.25, 0.3) is 21.8 Å². The van der Waals surface area contributed by atoms with Gasteiger partial charge in [-0.2, -0.15) is 0 Å². The number of ether oxygens (including phenoxy) is 1. The quantitative estimate of drug-likeness (QED) is 0.520. The number of pyridine rings is 1. The van der Waals surface area contributed by atoms with Gasteiger partial charge in [-0.25, -0.2) is 0 Å². The fourth-order valence-electron chi connectivity index (χ4n) is 2.85. The summed E-state index contributed by atoms with van der Waals surface area (Å²) in [5.74, 6) is -0.143. The molecule has 3 aromatic rings. The normalized spacial score (nSPS) is 11.2. The fourth-order valence-corrected chi connectivity index (χ4v) is 2.85. The van der Waals surface area contributed by atoms with Gasteiger partial charge in [0.1, 0.15) is 0 Å². The molecule has 0 aliphatic heterocycles. The number of hydrogen-bond donors (Lipinski definition) is 1. The molecule has 0 saturated heterocycles. The van der Waals surface area contributed by atoms with Crippen molar-refractivity contribution in [2.75, 3.05) is 6.61 Å². The van der Waals surface area contributed by atoms with Crippen molar-refractivity contribution in [3.8, 4) is 0 Å². The Morgan fingerprint density at radius 3 is 2.91 bits per heavy atom. The van der Waals surface area contributed by atoms with Crippen LogP contribution in [0.4, 0.5) is 0 Å². The maximum atomic E-state index is 11.8. The molecule has 0 bridgehead atoms. The van der Waals surface area contributed by atoms with Crippen LogP contribution in [0.5, 0.6) is 0 Å². The third-order valence-corrected chi connectivity index (χ3v) is 4.08. The highest BCUT2D eigenvalue weighted by Gasteiger charge is 2.11. The average molecular weight is 310 g/mol. The van der Waals surface area contributed by atoms with Gasteiger partial charge in [-0.15, -0.1) is 0 Å². The van der Waals surface area contributed by atoms with E-state index < -0.39 is 0 Å². The van der Waals surface area contributed by atoms with Crippen LogP contribution < -0.4 is 0 Å². The Labute approximate surface area is 135 Å². The molecule has 0 atom stereocenters. The van der Waals surface area contributed by atoms with E-state index in [4.69, 9.17) is 4.74 Å². The predicted molar refractivity (Wildman–Crippen MR) is 92.4 cm³/mol. The summed E-state index contributed by atoms with van der Waals surface area (Å²) >= 11 is 0. The fraction of sp³-hybridized carbons (Fsp3) is 0.368. The first kappa shape index (κ1) is 15.5. The van der Waals surface area contributed by atoms with E-state index in [-0.39, 0.29) is 5.97 Å². The van der Waals surface area contributed by atoms with Gasteiger partial charge < -0.3 is 9.72 Å². The minimum Gasteiger partial charge on any atom is -0.466 e. The molecule has 3 rings (SSSR count). The summed E-state index contributed by atoms with van der Waals surface area (Å²) < 4.78 is 5.26. The smallest absolute Gasteiger partial charge is 0.306 e. The maximum absolute atomic E-state index is 11.8. The van der Waals surface area contributed by atoms with Crippen LogP contribution in [0.15, 0.2) is 36.5 Å². The predicted octanol–water partition coefficient (Wildman–Crippen LogP) is 4.38. The number of carbonyl (C=O) groups is 1. The lowest BCUT2D eigenvalue weighted by molar-refractivity contribution is -0.143. The molecule has 0 spiro atoms. The summed E-state index contributed by atoms with van der Waals surface area (Å²) in [4.78, 5) is 19.7. The maximum Gasteiger partial charge on any atom is 0.306 e. The van der Waals surface area contributed by atoms with E-state index in [2.05, 4.69) is 29.0 Å². The average Bonchev–Trinajstić information content (AvgIpc) is 2.96. The number of hydrogen-bond acceptors (Lipinski definition) is 3. The second-order valence-corrected chi connectivity index (χ2v) is 5.78. The van der Waals surface area contributed by atoms with Gasteiger partial charge in [0.15, 0.2) is 0 Å². The van der Waals surface area contributed by atoms with Gasteiger partial charge in [0.2, 0.25) is 0 Å². The topological polar surface area (TPSA) is 55.0 Å². The molecule has 0 unspecified atom stereocenters. The highest BCUT2D eigenvalue weighted by atomic mass is 16.5. The number of nitrogens with zero attached hydrogens (tertiary/aromatic N) is 1. The van der Waals surface area contributed by atoms with Crippen molar-refractivity contribution in [2.24, 2.45) is 0 Å². The number of esters is 1. The van der Waals surface area contributed by atoms with Gasteiger partial charge in [-0.3, -0.25) is 9.78 Å². The van der Waals surface area contributed by atoms with Gasteiger partial charge in [-0.05, 0) is 18.6 Å². The SMILES string of the molecule is CCCCCOC(=O)CCc1nccc2c1[nH]c1ccccc12. The van der Waals surface area contributed by atoms with Crippen LogP contribution in [0.1, 0.15) is 38.3 Å². The number of para-hydroxylation sites is 1. The second kappa shape index (κ2) is 7.27. The zero-order valence-corrected chi connectivity index (χ0v) is 13.5. The lowest BCUT2D eigenvalue weighted by atomic mass is 10.1. The van der Waals surface area contributed by atoms with E-state index in [9.17, 15) is 4.79 Å². The van der Waals surface area contributed by atoms with E-state index >= 15 is 0 Å². The Hall–Kier alpha value is -2.36. The van der Waals surface area contributed by atoms with Gasteiger partial charge in [0.25, 0.3) is 0 Å². The molecular weight excluding hydrogens is 288 g/mol. The van der Waals surface area contributed by atoms with Crippen LogP contribution in [-0.2, 0) is 16.0 Å². The molecule has 0 aliphatic rings. The molecule has 0 saturated carbocycles. The first-order valence-electron chi connectivity index (χ1n) is 8.29. The van der Waals surface area contributed by atoms with E-state index in [1.165, 1.54) is 5.39 Å². The van der Waals surface area contributed by atoms with E-state index in [0.717, 1.165) is 41.4 Å². The van der Waals surface area contributed by atoms with Crippen molar-refractivity contribution < 1.29 is 9.53 Å². The number of fused-ring (bicyclic) bond motifs is 3. The molecule has 4 heteroatoms. The largest absolute Gasteiger partial charge is 0.466 e. The van der Waals surface area contributed by atoms with Crippen molar-refractivity contribution in [2.45, 2.75) is 39.0 Å². The van der Waals surface area contributed by atoms with Crippen molar-refractivity contribution in [1.29, 1.82) is 0 Å². The number of unbranched alkanes of at least 4 members (excludes halogenated alkanes) is 2. The van der Waals surface area contributed by atoms with Crippen LogP contribution in [0.2, 0.25) is 0 Å². The Kier molecular flexibility index (Phi) is 4.91. The number of aromatic amines is 1. The van der Waals surface area contributed by atoms with Crippen LogP contribution in [0.3, 0.4) is 0 Å². The number of nitrogens with one attached hydrogen (secondary N) is 1. The van der Waals surface area contributed by atoms with E-state index in [1.54, 1.807) is 0 Å². The monoisotopic (exact) mass is 310 g/mol. The van der Waals surface area contributed by atoms with Crippen molar-refractivity contribution >= 4 is 27.8 Å². The molecule has 2 heterocycles. The summed E-state index contributed by atoms with van der Waals surface area (Å²) in [7, 11) is 0. The first-order chi connectivity index (χ1) is 11.3. The van der Waals surface area contributed by atoms with Crippen LogP contribution in [0, 0.1) is 0 Å². The Morgan fingerprint density at radius 1 is 1.17 bits per heavy atom. The number of carbonyl (C=O) groups excluding carboxylic acids is 1. The van der Waals surface area contributed by atoms with Crippen molar-refractivity contribution in [3.05, 3.63) is 42.2 Å². The molecule has 0 fully saturated rings. The Bertz CT molecular complexity index is 807. The summed E-state index contributed by atoms with van der Waals surface area (Å²) in [6, 6.07) is 10.2. The molecule has 0 amide bonds. The van der Waals surface area contributed by atoms with Gasteiger partial charge in [0.05, 0.1) is 24.2 Å². The second-order valence-electron chi connectivity index (χ2n) is 5.78. The zero-order chi connectivity index (χ0) is 16.1. The minimum absolute atomic E-state index is 0.143. The summed E-state index contributed by atoms with van der Waals surface area (Å²) in [5, 5.41) is 2.34. The van der Waals surface area contributed by atoms with Gasteiger partial charge >= 0.3 is 5.97 Å². The molecule has 23 heavy (non-hydrogen) atoms. The molecule has 0 radical (unpaired) electrons. The third kappa shape index (κ3) is 3.52. The minimum atomic E-state index is -0.143. The Balaban J connectivity index is 1.70. The first-order valence-corrected chi connectivity index (χ1v) is 8.29. The van der Waals surface area contributed by atoms with Gasteiger partial charge in [-0.1, -0.05) is 38.0 Å². The molecule has 4 nitrogen and oxygen atoms in total. The number of aryl methyl sites for hydroxylation is 1. The van der Waals surface area contributed by atoms with Gasteiger partial charge in [0, 0.05) is 28.9 Å². The standard InChI is InChI=1S/C19H22N2O2/c1-2-3-6-13-23-18(22)10-9-17-19-15(11-12-20-17)14-7-4-5-8-16(14)21-19/h4-5,7-8,11-12,21H,2-3,6,9-10,13H2,1H3. The lowest BCUT2D eigenvalue weighted by Crippen LogP contribution is -2.07. The molecule has 0 aliphatic carbocycles. The van der Waals surface area contributed by atoms with Crippen LogP contribution in [-0.4, -0.2) is 22.5 Å². The number of aromatic nitrogens is 2. The molecule has 1 aromatic carbocycles. The zero-order valence-electron chi connectivity index (χ0n) is 13.5. The van der Waals surface area contributed by atoms with Crippen molar-refractivity contribution in [3.63, 3.8) is 0 Å². The molecular formula is C19H22N2O2. The summed E-state index contributed by atoms with van der Waals surface area (Å²) in [6.45, 7) is 2.66. The number of rotatable bonds is 7. The van der Waals surface area contributed by atoms with E-state index in [1.807, 2.05) is 24.4 Å². The lowest BCUT2D eigenvalue weighted by Gasteiger charge is -2.05. The highest BCUT2D eigenvalue weighted by Crippen LogP contribution is 2.26. The van der Waals surface area contributed by atoms with Crippen LogP contribution >= 0.6 is 0 Å². The number of benzene rings is 1.